The Morgan fingerprint density at radius 2 is 1.80 bits per heavy atom. The zero-order chi connectivity index (χ0) is 17.5. The molecule has 0 aromatic heterocycles. The fourth-order valence-electron chi connectivity index (χ4n) is 2.56. The maximum atomic E-state index is 5.75. The van der Waals surface area contributed by atoms with E-state index in [1.54, 1.807) is 0 Å². The van der Waals surface area contributed by atoms with Crippen LogP contribution in [0.25, 0.3) is 10.8 Å². The fourth-order valence-corrected chi connectivity index (χ4v) is 2.74. The van der Waals surface area contributed by atoms with Crippen molar-refractivity contribution in [2.24, 2.45) is 0 Å². The van der Waals surface area contributed by atoms with Crippen molar-refractivity contribution < 1.29 is 9.84 Å². The summed E-state index contributed by atoms with van der Waals surface area (Å²) in [7, 11) is 0. The lowest BCUT2D eigenvalue weighted by molar-refractivity contribution is -0.499. The largest absolute Gasteiger partial charge is 0.493 e. The van der Waals surface area contributed by atoms with Crippen molar-refractivity contribution in [3.8, 4) is 5.75 Å². The Bertz CT molecular complexity index is 894. The second-order valence-corrected chi connectivity index (χ2v) is 5.77. The van der Waals surface area contributed by atoms with Crippen LogP contribution in [-0.4, -0.2) is 17.9 Å². The highest BCUT2D eigenvalue weighted by molar-refractivity contribution is 7.80. The van der Waals surface area contributed by atoms with Crippen LogP contribution in [0, 0.1) is 0 Å². The van der Waals surface area contributed by atoms with Gasteiger partial charge in [-0.25, -0.2) is 0 Å². The summed E-state index contributed by atoms with van der Waals surface area (Å²) in [4.78, 5) is 0. The van der Waals surface area contributed by atoms with Crippen LogP contribution in [-0.2, 0) is 0 Å². The molecular weight excluding hydrogens is 330 g/mol. The Kier molecular flexibility index (Phi) is 5.59. The van der Waals surface area contributed by atoms with E-state index in [2.05, 4.69) is 34.0 Å². The molecule has 0 fully saturated rings. The minimum Gasteiger partial charge on any atom is -0.493 e. The molecule has 4 nitrogen and oxygen atoms in total. The summed E-state index contributed by atoms with van der Waals surface area (Å²) in [5.41, 5.74) is 4.89. The van der Waals surface area contributed by atoms with Gasteiger partial charge in [-0.05, 0) is 48.1 Å². The Morgan fingerprint density at radius 3 is 2.60 bits per heavy atom. The van der Waals surface area contributed by atoms with Gasteiger partial charge in [0.05, 0.1) is 12.2 Å². The molecule has 0 aliphatic heterocycles. The first-order valence-electron chi connectivity index (χ1n) is 8.13. The van der Waals surface area contributed by atoms with Gasteiger partial charge in [0.15, 0.2) is 0 Å². The highest BCUT2D eigenvalue weighted by atomic mass is 32.1. The van der Waals surface area contributed by atoms with Crippen LogP contribution in [0.3, 0.4) is 0 Å². The second kappa shape index (κ2) is 8.26. The van der Waals surface area contributed by atoms with Crippen LogP contribution < -0.4 is 20.6 Å². The Balaban J connectivity index is 1.78. The number of hydrazine groups is 1. The molecule has 0 saturated heterocycles. The highest BCUT2D eigenvalue weighted by Gasteiger charge is 2.09. The molecule has 3 aromatic carbocycles. The Morgan fingerprint density at radius 1 is 1.04 bits per heavy atom. The van der Waals surface area contributed by atoms with Gasteiger partial charge in [-0.15, -0.1) is 10.5 Å². The molecule has 3 rings (SSSR count). The molecular formula is C20H20N3OS+. The predicted octanol–water partition coefficient (Wildman–Crippen LogP) is 2.64. The van der Waals surface area contributed by atoms with E-state index in [1.165, 1.54) is 0 Å². The van der Waals surface area contributed by atoms with Crippen molar-refractivity contribution in [1.82, 2.24) is 5.43 Å². The van der Waals surface area contributed by atoms with Gasteiger partial charge in [0.1, 0.15) is 5.75 Å². The third kappa shape index (κ3) is 4.33. The molecule has 3 aromatic rings. The number of benzene rings is 3. The van der Waals surface area contributed by atoms with Crippen molar-refractivity contribution in [3.05, 3.63) is 72.3 Å². The van der Waals surface area contributed by atoms with E-state index in [-0.39, 0.29) is 0 Å². The molecule has 0 amide bonds. The molecule has 0 atom stereocenters. The van der Waals surface area contributed by atoms with Gasteiger partial charge < -0.3 is 10.1 Å². The topological polar surface area (TPSA) is 47.3 Å². The van der Waals surface area contributed by atoms with Gasteiger partial charge in [0, 0.05) is 5.69 Å². The summed E-state index contributed by atoms with van der Waals surface area (Å²) in [6, 6.07) is 22.0. The fraction of sp³-hybridized carbons (Fsp3) is 0.100. The van der Waals surface area contributed by atoms with Gasteiger partial charge >= 0.3 is 0 Å². The van der Waals surface area contributed by atoms with Crippen LogP contribution in [0.1, 0.15) is 12.5 Å². The van der Waals surface area contributed by atoms with Crippen LogP contribution in [0.2, 0.25) is 0 Å². The summed E-state index contributed by atoms with van der Waals surface area (Å²) < 4.78 is 5.75. The van der Waals surface area contributed by atoms with Crippen molar-refractivity contribution in [3.63, 3.8) is 0 Å². The summed E-state index contributed by atoms with van der Waals surface area (Å²) in [5.74, 6) is 0.831. The number of hydrogen-bond donors (Lipinski definition) is 3. The van der Waals surface area contributed by atoms with Crippen molar-refractivity contribution in [1.29, 1.82) is 0 Å². The predicted molar refractivity (Wildman–Crippen MR) is 107 cm³/mol. The normalized spacial score (nSPS) is 10.8. The summed E-state index contributed by atoms with van der Waals surface area (Å²) in [6.45, 7) is 2.59. The maximum absolute atomic E-state index is 5.75. The lowest BCUT2D eigenvalue weighted by Gasteiger charge is -2.08. The Labute approximate surface area is 152 Å². The smallest absolute Gasteiger partial charge is 0.228 e. The van der Waals surface area contributed by atoms with E-state index in [0.29, 0.717) is 11.7 Å². The second-order valence-electron chi connectivity index (χ2n) is 5.37. The van der Waals surface area contributed by atoms with E-state index in [9.17, 15) is 0 Å². The van der Waals surface area contributed by atoms with E-state index in [1.807, 2.05) is 61.7 Å². The van der Waals surface area contributed by atoms with Crippen LogP contribution in [0.4, 0.5) is 5.69 Å². The van der Waals surface area contributed by atoms with Gasteiger partial charge in [-0.2, -0.15) is 0 Å². The molecule has 0 spiro atoms. The minimum absolute atomic E-state index is 0.487. The molecule has 126 valence electrons. The van der Waals surface area contributed by atoms with Gasteiger partial charge in [-0.3, -0.25) is 0 Å². The molecule has 0 radical (unpaired) electrons. The first-order chi connectivity index (χ1) is 12.3. The maximum Gasteiger partial charge on any atom is 0.228 e. The first kappa shape index (κ1) is 16.9. The Hall–Kier alpha value is -2.92. The number of fused-ring (bicyclic) bond motifs is 1. The standard InChI is InChI=1S/C20H19N3OS/c1-2-24-19-13-12-15-8-6-7-11-17(15)18(19)14-21-23-20(25)22-16-9-4-3-5-10-16/h3-14H,2H2,1H3,(H2,22,23,25)/p+1. The minimum atomic E-state index is 0.487. The molecule has 0 unspecified atom stereocenters. The molecule has 25 heavy (non-hydrogen) atoms. The van der Waals surface area contributed by atoms with E-state index < -0.39 is 0 Å². The molecule has 0 heterocycles. The monoisotopic (exact) mass is 350 g/mol. The molecule has 5 heteroatoms. The van der Waals surface area contributed by atoms with Gasteiger partial charge in [-0.1, -0.05) is 48.5 Å². The number of hydrazone groups is 1. The quantitative estimate of drug-likeness (QED) is 0.376. The average Bonchev–Trinajstić information content (AvgIpc) is 2.64. The number of hydrogen-bond acceptors (Lipinski definition) is 2. The molecule has 0 aliphatic rings. The van der Waals surface area contributed by atoms with E-state index in [0.717, 1.165) is 27.8 Å². The zero-order valence-electron chi connectivity index (χ0n) is 14.0. The number of para-hydroxylation sites is 1. The van der Waals surface area contributed by atoms with Crippen molar-refractivity contribution in [2.45, 2.75) is 6.92 Å². The first-order valence-corrected chi connectivity index (χ1v) is 8.54. The summed E-state index contributed by atoms with van der Waals surface area (Å²) in [5, 5.41) is 8.92. The number of ether oxygens (including phenoxy) is 1. The summed E-state index contributed by atoms with van der Waals surface area (Å²) >= 11 is 5.30. The third-order valence-electron chi connectivity index (χ3n) is 3.66. The van der Waals surface area contributed by atoms with E-state index in [4.69, 9.17) is 17.0 Å². The number of thiocarbonyl (C=S) groups is 1. The lowest BCUT2D eigenvalue weighted by atomic mass is 10.0. The number of rotatable bonds is 5. The molecule has 0 aliphatic carbocycles. The average molecular weight is 350 g/mol. The zero-order valence-corrected chi connectivity index (χ0v) is 14.8. The van der Waals surface area contributed by atoms with Gasteiger partial charge in [0.2, 0.25) is 11.3 Å². The van der Waals surface area contributed by atoms with Crippen molar-refractivity contribution >= 4 is 40.0 Å². The van der Waals surface area contributed by atoms with Gasteiger partial charge in [0.25, 0.3) is 0 Å². The number of nitrogens with one attached hydrogen (secondary N) is 3. The molecule has 0 bridgehead atoms. The highest BCUT2D eigenvalue weighted by Crippen LogP contribution is 2.26. The van der Waals surface area contributed by atoms with E-state index >= 15 is 0 Å². The molecule has 0 saturated carbocycles. The lowest BCUT2D eigenvalue weighted by Crippen LogP contribution is -2.82. The van der Waals surface area contributed by atoms with Crippen LogP contribution >= 0.6 is 12.2 Å². The summed E-state index contributed by atoms with van der Waals surface area (Å²) in [6.07, 6.45) is 1.87. The van der Waals surface area contributed by atoms with Crippen molar-refractivity contribution in [2.75, 3.05) is 11.9 Å². The van der Waals surface area contributed by atoms with Crippen LogP contribution in [0.5, 0.6) is 5.75 Å². The molecule has 3 N–H and O–H groups in total. The number of anilines is 1. The SMILES string of the molecule is CCOc1ccc2ccccc2c1C=[NH+]NC(=S)Nc1ccccc1. The third-order valence-corrected chi connectivity index (χ3v) is 3.87. The van der Waals surface area contributed by atoms with Crippen LogP contribution in [0.15, 0.2) is 66.7 Å².